The van der Waals surface area contributed by atoms with Crippen molar-refractivity contribution in [1.29, 1.82) is 0 Å². The van der Waals surface area contributed by atoms with Crippen LogP contribution in [0.2, 0.25) is 0 Å². The van der Waals surface area contributed by atoms with E-state index in [4.69, 9.17) is 0 Å². The zero-order valence-corrected chi connectivity index (χ0v) is 19.1. The molecule has 2 N–H and O–H groups in total. The van der Waals surface area contributed by atoms with Gasteiger partial charge in [0.25, 0.3) is 5.56 Å². The van der Waals surface area contributed by atoms with E-state index in [9.17, 15) is 4.79 Å². The SMILES string of the molecule is Cc1cc(Nc2ncc3c(C)c(-c4ccncc4)c(=O)[nH]c3n2)ccc1N1CCN(C)CC1. The van der Waals surface area contributed by atoms with Crippen molar-refractivity contribution in [3.05, 3.63) is 70.4 Å². The van der Waals surface area contributed by atoms with Crippen LogP contribution >= 0.6 is 0 Å². The average Bonchev–Trinajstić information content (AvgIpc) is 2.80. The minimum Gasteiger partial charge on any atom is -0.369 e. The third kappa shape index (κ3) is 4.17. The van der Waals surface area contributed by atoms with Gasteiger partial charge in [-0.15, -0.1) is 0 Å². The molecule has 5 rings (SSSR count). The minimum atomic E-state index is -0.178. The van der Waals surface area contributed by atoms with Gasteiger partial charge in [-0.2, -0.15) is 4.98 Å². The average molecular weight is 442 g/mol. The van der Waals surface area contributed by atoms with Gasteiger partial charge in [0.2, 0.25) is 5.95 Å². The Bertz CT molecular complexity index is 1360. The number of aryl methyl sites for hydroxylation is 2. The molecule has 4 heterocycles. The Morgan fingerprint density at radius 3 is 2.52 bits per heavy atom. The summed E-state index contributed by atoms with van der Waals surface area (Å²) in [5.41, 5.74) is 6.00. The van der Waals surface area contributed by atoms with Crippen LogP contribution in [-0.4, -0.2) is 58.1 Å². The van der Waals surface area contributed by atoms with E-state index in [0.717, 1.165) is 48.4 Å². The zero-order valence-electron chi connectivity index (χ0n) is 19.1. The fourth-order valence-corrected chi connectivity index (χ4v) is 4.42. The van der Waals surface area contributed by atoms with Crippen molar-refractivity contribution in [2.75, 3.05) is 43.4 Å². The molecule has 8 nitrogen and oxygen atoms in total. The monoisotopic (exact) mass is 441 g/mol. The lowest BCUT2D eigenvalue weighted by atomic mass is 10.0. The van der Waals surface area contributed by atoms with Crippen LogP contribution < -0.4 is 15.8 Å². The van der Waals surface area contributed by atoms with Crippen LogP contribution in [0, 0.1) is 13.8 Å². The van der Waals surface area contributed by atoms with E-state index in [0.29, 0.717) is 17.2 Å². The second kappa shape index (κ2) is 8.63. The molecular formula is C25H27N7O. The van der Waals surface area contributed by atoms with Gasteiger partial charge in [0.1, 0.15) is 5.65 Å². The number of pyridine rings is 2. The third-order valence-corrected chi connectivity index (χ3v) is 6.29. The molecule has 1 saturated heterocycles. The summed E-state index contributed by atoms with van der Waals surface area (Å²) in [6, 6.07) is 9.97. The van der Waals surface area contributed by atoms with Crippen LogP contribution in [-0.2, 0) is 0 Å². The molecule has 1 aromatic carbocycles. The Labute approximate surface area is 192 Å². The van der Waals surface area contributed by atoms with Gasteiger partial charge in [0.05, 0.1) is 5.56 Å². The largest absolute Gasteiger partial charge is 0.369 e. The van der Waals surface area contributed by atoms with E-state index in [2.05, 4.69) is 67.2 Å². The smallest absolute Gasteiger partial charge is 0.257 e. The first-order valence-electron chi connectivity index (χ1n) is 11.1. The number of nitrogens with one attached hydrogen (secondary N) is 2. The van der Waals surface area contributed by atoms with E-state index in [1.54, 1.807) is 18.6 Å². The van der Waals surface area contributed by atoms with Gasteiger partial charge in [0.15, 0.2) is 0 Å². The van der Waals surface area contributed by atoms with Crippen LogP contribution in [0.1, 0.15) is 11.1 Å². The predicted octanol–water partition coefficient (Wildman–Crippen LogP) is 3.49. The fourth-order valence-electron chi connectivity index (χ4n) is 4.42. The highest BCUT2D eigenvalue weighted by molar-refractivity contribution is 5.86. The van der Waals surface area contributed by atoms with Crippen molar-refractivity contribution >= 4 is 28.4 Å². The highest BCUT2D eigenvalue weighted by atomic mass is 16.1. The van der Waals surface area contributed by atoms with Crippen molar-refractivity contribution in [1.82, 2.24) is 24.8 Å². The molecule has 0 saturated carbocycles. The maximum atomic E-state index is 12.8. The number of fused-ring (bicyclic) bond motifs is 1. The molecule has 168 valence electrons. The molecule has 0 atom stereocenters. The molecule has 0 aliphatic carbocycles. The number of nitrogens with zero attached hydrogens (tertiary/aromatic N) is 5. The summed E-state index contributed by atoms with van der Waals surface area (Å²) in [7, 11) is 2.16. The van der Waals surface area contributed by atoms with E-state index in [1.807, 2.05) is 19.1 Å². The highest BCUT2D eigenvalue weighted by Gasteiger charge is 2.17. The lowest BCUT2D eigenvalue weighted by Crippen LogP contribution is -2.44. The van der Waals surface area contributed by atoms with Gasteiger partial charge in [-0.05, 0) is 67.9 Å². The predicted molar refractivity (Wildman–Crippen MR) is 132 cm³/mol. The van der Waals surface area contributed by atoms with Crippen molar-refractivity contribution in [2.24, 2.45) is 0 Å². The first-order chi connectivity index (χ1) is 16.0. The molecule has 0 bridgehead atoms. The molecule has 1 fully saturated rings. The molecule has 3 aromatic heterocycles. The zero-order chi connectivity index (χ0) is 22.9. The van der Waals surface area contributed by atoms with Gasteiger partial charge >= 0.3 is 0 Å². The number of aromatic nitrogens is 4. The van der Waals surface area contributed by atoms with Crippen molar-refractivity contribution < 1.29 is 0 Å². The first kappa shape index (κ1) is 21.1. The summed E-state index contributed by atoms with van der Waals surface area (Å²) in [6.07, 6.45) is 5.12. The summed E-state index contributed by atoms with van der Waals surface area (Å²) >= 11 is 0. The van der Waals surface area contributed by atoms with Gasteiger partial charge < -0.3 is 20.1 Å². The molecule has 0 unspecified atom stereocenters. The summed E-state index contributed by atoms with van der Waals surface area (Å²) < 4.78 is 0. The highest BCUT2D eigenvalue weighted by Crippen LogP contribution is 2.27. The van der Waals surface area contributed by atoms with Gasteiger partial charge in [-0.3, -0.25) is 9.78 Å². The molecule has 4 aromatic rings. The van der Waals surface area contributed by atoms with Crippen molar-refractivity contribution in [3.63, 3.8) is 0 Å². The van der Waals surface area contributed by atoms with Crippen LogP contribution in [0.15, 0.2) is 53.7 Å². The molecular weight excluding hydrogens is 414 g/mol. The maximum Gasteiger partial charge on any atom is 0.257 e. The third-order valence-electron chi connectivity index (χ3n) is 6.29. The summed E-state index contributed by atoms with van der Waals surface area (Å²) in [5, 5.41) is 4.09. The number of anilines is 3. The number of H-pyrrole nitrogens is 1. The Morgan fingerprint density at radius 2 is 1.79 bits per heavy atom. The standard InChI is InChI=1S/C25H27N7O/c1-16-14-19(4-5-21(16)32-12-10-31(3)11-13-32)28-25-27-15-20-17(2)22(18-6-8-26-9-7-18)24(33)29-23(20)30-25/h4-9,14-15H,10-13H2,1-3H3,(H2,27,28,29,30,33). The second-order valence-electron chi connectivity index (χ2n) is 8.56. The van der Waals surface area contributed by atoms with E-state index in [1.165, 1.54) is 11.3 Å². The van der Waals surface area contributed by atoms with Crippen molar-refractivity contribution in [2.45, 2.75) is 13.8 Å². The normalized spacial score (nSPS) is 14.6. The number of hydrogen-bond acceptors (Lipinski definition) is 7. The fraction of sp³-hybridized carbons (Fsp3) is 0.280. The molecule has 1 aliphatic heterocycles. The number of aromatic amines is 1. The molecule has 0 spiro atoms. The van der Waals surface area contributed by atoms with Crippen LogP contribution in [0.4, 0.5) is 17.3 Å². The molecule has 8 heteroatoms. The topological polar surface area (TPSA) is 90.0 Å². The van der Waals surface area contributed by atoms with Gasteiger partial charge in [0, 0.05) is 61.5 Å². The Balaban J connectivity index is 1.42. The second-order valence-corrected chi connectivity index (χ2v) is 8.56. The number of piperazine rings is 1. The molecule has 1 aliphatic rings. The molecule has 0 amide bonds. The molecule has 33 heavy (non-hydrogen) atoms. The summed E-state index contributed by atoms with van der Waals surface area (Å²) in [5.74, 6) is 0.445. The Morgan fingerprint density at radius 1 is 1.03 bits per heavy atom. The lowest BCUT2D eigenvalue weighted by Gasteiger charge is -2.35. The van der Waals surface area contributed by atoms with Crippen LogP contribution in [0.5, 0.6) is 0 Å². The number of benzene rings is 1. The van der Waals surface area contributed by atoms with Crippen molar-refractivity contribution in [3.8, 4) is 11.1 Å². The minimum absolute atomic E-state index is 0.178. The van der Waals surface area contributed by atoms with Gasteiger partial charge in [-0.25, -0.2) is 4.98 Å². The van der Waals surface area contributed by atoms with Gasteiger partial charge in [-0.1, -0.05) is 0 Å². The van der Waals surface area contributed by atoms with E-state index >= 15 is 0 Å². The van der Waals surface area contributed by atoms with E-state index in [-0.39, 0.29) is 5.56 Å². The summed E-state index contributed by atoms with van der Waals surface area (Å²) in [4.78, 5) is 33.6. The Kier molecular flexibility index (Phi) is 5.51. The maximum absolute atomic E-state index is 12.8. The van der Waals surface area contributed by atoms with Crippen LogP contribution in [0.3, 0.4) is 0 Å². The number of likely N-dealkylation sites (N-methyl/N-ethyl adjacent to an activating group) is 1. The number of hydrogen-bond donors (Lipinski definition) is 2. The summed E-state index contributed by atoms with van der Waals surface area (Å²) in [6.45, 7) is 8.26. The number of rotatable bonds is 4. The van der Waals surface area contributed by atoms with E-state index < -0.39 is 0 Å². The first-order valence-corrected chi connectivity index (χ1v) is 11.1. The quantitative estimate of drug-likeness (QED) is 0.501. The Hall–Kier alpha value is -3.78. The molecule has 0 radical (unpaired) electrons. The van der Waals surface area contributed by atoms with Crippen LogP contribution in [0.25, 0.3) is 22.2 Å². The lowest BCUT2D eigenvalue weighted by molar-refractivity contribution is 0.312.